The molecule has 2 N–H and O–H groups in total. The monoisotopic (exact) mass is 379 g/mol. The SMILES string of the molecule is CC(C)(CNC(=O)c1ccc(S(=O)(=O)NC2CC2)cc1)N1CCCCC1. The van der Waals surface area contributed by atoms with Crippen LogP contribution >= 0.6 is 0 Å². The molecule has 7 heteroatoms. The Labute approximate surface area is 156 Å². The molecule has 1 saturated heterocycles. The van der Waals surface area contributed by atoms with Crippen LogP contribution in [0, 0.1) is 0 Å². The van der Waals surface area contributed by atoms with Crippen LogP contribution in [-0.2, 0) is 10.0 Å². The zero-order valence-corrected chi connectivity index (χ0v) is 16.4. The molecule has 0 unspecified atom stereocenters. The molecule has 1 aromatic rings. The molecule has 2 aliphatic rings. The standard InChI is InChI=1S/C19H29N3O3S/c1-19(2,22-12-4-3-5-13-22)14-20-18(23)15-6-10-17(11-7-15)26(24,25)21-16-8-9-16/h6-7,10-11,16,21H,3-5,8-9,12-14H2,1-2H3,(H,20,23). The van der Waals surface area contributed by atoms with E-state index in [9.17, 15) is 13.2 Å². The number of benzene rings is 1. The smallest absolute Gasteiger partial charge is 0.251 e. The van der Waals surface area contributed by atoms with E-state index in [0.29, 0.717) is 12.1 Å². The van der Waals surface area contributed by atoms with Gasteiger partial charge >= 0.3 is 0 Å². The first kappa shape index (κ1) is 19.3. The van der Waals surface area contributed by atoms with E-state index in [1.165, 1.54) is 31.4 Å². The fourth-order valence-corrected chi connectivity index (χ4v) is 4.59. The summed E-state index contributed by atoms with van der Waals surface area (Å²) in [7, 11) is -3.48. The molecule has 144 valence electrons. The second kappa shape index (κ2) is 7.66. The molecule has 1 amide bonds. The number of carbonyl (C=O) groups is 1. The molecule has 6 nitrogen and oxygen atoms in total. The van der Waals surface area contributed by atoms with E-state index in [-0.39, 0.29) is 22.4 Å². The van der Waals surface area contributed by atoms with Crippen LogP contribution in [0.15, 0.2) is 29.2 Å². The van der Waals surface area contributed by atoms with Crippen LogP contribution in [0.4, 0.5) is 0 Å². The number of rotatable bonds is 7. The number of hydrogen-bond acceptors (Lipinski definition) is 4. The minimum absolute atomic E-state index is 0.0694. The van der Waals surface area contributed by atoms with Crippen molar-refractivity contribution in [3.8, 4) is 0 Å². The maximum Gasteiger partial charge on any atom is 0.251 e. The molecule has 26 heavy (non-hydrogen) atoms. The van der Waals surface area contributed by atoms with Gasteiger partial charge in [-0.1, -0.05) is 6.42 Å². The number of nitrogens with zero attached hydrogens (tertiary/aromatic N) is 1. The average molecular weight is 380 g/mol. The van der Waals surface area contributed by atoms with Gasteiger partial charge in [0.1, 0.15) is 0 Å². The Bertz CT molecular complexity index is 734. The third kappa shape index (κ3) is 4.84. The summed E-state index contributed by atoms with van der Waals surface area (Å²) in [6.45, 7) is 7.01. The normalized spacial score (nSPS) is 19.3. The first-order chi connectivity index (χ1) is 12.3. The second-order valence-electron chi connectivity index (χ2n) is 7.96. The van der Waals surface area contributed by atoms with E-state index < -0.39 is 10.0 Å². The summed E-state index contributed by atoms with van der Waals surface area (Å²) in [5.41, 5.74) is 0.387. The molecule has 0 spiro atoms. The second-order valence-corrected chi connectivity index (χ2v) is 9.68. The van der Waals surface area contributed by atoms with Crippen LogP contribution < -0.4 is 10.0 Å². The Morgan fingerprint density at radius 2 is 1.73 bits per heavy atom. The summed E-state index contributed by atoms with van der Waals surface area (Å²) < 4.78 is 27.0. The van der Waals surface area contributed by atoms with Crippen LogP contribution in [0.3, 0.4) is 0 Å². The van der Waals surface area contributed by atoms with Crippen molar-refractivity contribution in [2.45, 2.75) is 62.4 Å². The van der Waals surface area contributed by atoms with Crippen LogP contribution in [0.25, 0.3) is 0 Å². The number of likely N-dealkylation sites (tertiary alicyclic amines) is 1. The van der Waals surface area contributed by atoms with Crippen molar-refractivity contribution in [2.75, 3.05) is 19.6 Å². The molecule has 1 aliphatic carbocycles. The molecular weight excluding hydrogens is 350 g/mol. The predicted octanol–water partition coefficient (Wildman–Crippen LogP) is 2.12. The molecule has 0 bridgehead atoms. The van der Waals surface area contributed by atoms with Gasteiger partial charge in [0.25, 0.3) is 5.91 Å². The van der Waals surface area contributed by atoms with E-state index in [2.05, 4.69) is 28.8 Å². The molecule has 0 radical (unpaired) electrons. The average Bonchev–Trinajstić information content (AvgIpc) is 3.44. The molecule has 1 aromatic carbocycles. The molecule has 0 atom stereocenters. The summed E-state index contributed by atoms with van der Waals surface area (Å²) in [5, 5.41) is 2.99. The lowest BCUT2D eigenvalue weighted by Crippen LogP contribution is -2.53. The van der Waals surface area contributed by atoms with Crippen LogP contribution in [-0.4, -0.2) is 50.4 Å². The first-order valence-corrected chi connectivity index (χ1v) is 10.9. The summed E-state index contributed by atoms with van der Waals surface area (Å²) in [6, 6.07) is 6.21. The van der Waals surface area contributed by atoms with Gasteiger partial charge < -0.3 is 5.32 Å². The topological polar surface area (TPSA) is 78.5 Å². The molecule has 3 rings (SSSR count). The molecule has 1 saturated carbocycles. The van der Waals surface area contributed by atoms with Crippen molar-refractivity contribution < 1.29 is 13.2 Å². The summed E-state index contributed by atoms with van der Waals surface area (Å²) in [6.07, 6.45) is 5.49. The fourth-order valence-electron chi connectivity index (χ4n) is 3.28. The van der Waals surface area contributed by atoms with Crippen molar-refractivity contribution in [3.05, 3.63) is 29.8 Å². The van der Waals surface area contributed by atoms with Gasteiger partial charge in [0.2, 0.25) is 10.0 Å². The highest BCUT2D eigenvalue weighted by atomic mass is 32.2. The van der Waals surface area contributed by atoms with Crippen LogP contribution in [0.2, 0.25) is 0 Å². The minimum atomic E-state index is -3.48. The zero-order valence-electron chi connectivity index (χ0n) is 15.6. The summed E-state index contributed by atoms with van der Waals surface area (Å²) in [4.78, 5) is 15.1. The highest BCUT2D eigenvalue weighted by molar-refractivity contribution is 7.89. The van der Waals surface area contributed by atoms with Gasteiger partial charge in [-0.2, -0.15) is 0 Å². The maximum atomic E-state index is 12.4. The van der Waals surface area contributed by atoms with Gasteiger partial charge in [0, 0.05) is 23.7 Å². The molecule has 2 fully saturated rings. The van der Waals surface area contributed by atoms with Gasteiger partial charge in [0.05, 0.1) is 4.90 Å². The van der Waals surface area contributed by atoms with Gasteiger partial charge in [-0.3, -0.25) is 9.69 Å². The lowest BCUT2D eigenvalue weighted by atomic mass is 9.98. The van der Waals surface area contributed by atoms with Crippen LogP contribution in [0.5, 0.6) is 0 Å². The Kier molecular flexibility index (Phi) is 5.69. The highest BCUT2D eigenvalue weighted by Gasteiger charge is 2.29. The highest BCUT2D eigenvalue weighted by Crippen LogP contribution is 2.22. The van der Waals surface area contributed by atoms with E-state index in [4.69, 9.17) is 0 Å². The van der Waals surface area contributed by atoms with E-state index in [0.717, 1.165) is 25.9 Å². The quantitative estimate of drug-likeness (QED) is 0.761. The fraction of sp³-hybridized carbons (Fsp3) is 0.632. The zero-order chi connectivity index (χ0) is 18.8. The van der Waals surface area contributed by atoms with Crippen molar-refractivity contribution in [1.82, 2.24) is 14.9 Å². The van der Waals surface area contributed by atoms with Crippen molar-refractivity contribution in [1.29, 1.82) is 0 Å². The number of piperidine rings is 1. The van der Waals surface area contributed by atoms with Gasteiger partial charge in [0.15, 0.2) is 0 Å². The summed E-state index contributed by atoms with van der Waals surface area (Å²) >= 11 is 0. The maximum absolute atomic E-state index is 12.4. The molecule has 0 aromatic heterocycles. The number of hydrogen-bond donors (Lipinski definition) is 2. The number of carbonyl (C=O) groups excluding carboxylic acids is 1. The molecular formula is C19H29N3O3S. The minimum Gasteiger partial charge on any atom is -0.350 e. The Morgan fingerprint density at radius 1 is 1.12 bits per heavy atom. The van der Waals surface area contributed by atoms with Crippen LogP contribution in [0.1, 0.15) is 56.3 Å². The largest absolute Gasteiger partial charge is 0.350 e. The number of nitrogens with one attached hydrogen (secondary N) is 2. The Hall–Kier alpha value is -1.44. The Balaban J connectivity index is 1.57. The lowest BCUT2D eigenvalue weighted by molar-refractivity contribution is 0.0797. The summed E-state index contributed by atoms with van der Waals surface area (Å²) in [5.74, 6) is -0.172. The van der Waals surface area contributed by atoms with E-state index >= 15 is 0 Å². The van der Waals surface area contributed by atoms with Crippen molar-refractivity contribution >= 4 is 15.9 Å². The third-order valence-electron chi connectivity index (χ3n) is 5.22. The third-order valence-corrected chi connectivity index (χ3v) is 6.76. The van der Waals surface area contributed by atoms with Gasteiger partial charge in [-0.25, -0.2) is 13.1 Å². The van der Waals surface area contributed by atoms with Crippen molar-refractivity contribution in [2.24, 2.45) is 0 Å². The molecule has 1 aliphatic heterocycles. The Morgan fingerprint density at radius 3 is 2.31 bits per heavy atom. The molecule has 1 heterocycles. The number of sulfonamides is 1. The van der Waals surface area contributed by atoms with Crippen molar-refractivity contribution in [3.63, 3.8) is 0 Å². The first-order valence-electron chi connectivity index (χ1n) is 9.44. The van der Waals surface area contributed by atoms with Gasteiger partial charge in [-0.05, 0) is 76.9 Å². The predicted molar refractivity (Wildman–Crippen MR) is 102 cm³/mol. The van der Waals surface area contributed by atoms with E-state index in [1.54, 1.807) is 12.1 Å². The van der Waals surface area contributed by atoms with Gasteiger partial charge in [-0.15, -0.1) is 0 Å². The lowest BCUT2D eigenvalue weighted by Gasteiger charge is -2.41. The number of amides is 1. The van der Waals surface area contributed by atoms with E-state index in [1.807, 2.05) is 0 Å².